The van der Waals surface area contributed by atoms with Gasteiger partial charge in [-0.3, -0.25) is 24.5 Å². The van der Waals surface area contributed by atoms with E-state index >= 15 is 0 Å². The van der Waals surface area contributed by atoms with Crippen LogP contribution in [0.2, 0.25) is 0 Å². The molecule has 9 heteroatoms. The second-order valence-electron chi connectivity index (χ2n) is 3.68. The largest absolute Gasteiger partial charge is 0.333 e. The van der Waals surface area contributed by atoms with Crippen molar-refractivity contribution in [2.45, 2.75) is 0 Å². The summed E-state index contributed by atoms with van der Waals surface area (Å²) in [5.74, 6) is -1.03. The highest BCUT2D eigenvalue weighted by atomic mass is 19.1. The summed E-state index contributed by atoms with van der Waals surface area (Å²) in [4.78, 5) is 34.3. The molecule has 1 aromatic heterocycles. The van der Waals surface area contributed by atoms with Gasteiger partial charge in [-0.05, 0) is 6.07 Å². The lowest BCUT2D eigenvalue weighted by Gasteiger charge is -2.06. The summed E-state index contributed by atoms with van der Waals surface area (Å²) in [6, 6.07) is 4.20. The van der Waals surface area contributed by atoms with Crippen LogP contribution in [-0.2, 0) is 0 Å². The zero-order valence-corrected chi connectivity index (χ0v) is 9.66. The molecule has 0 unspecified atom stereocenters. The van der Waals surface area contributed by atoms with Crippen molar-refractivity contribution in [3.05, 3.63) is 66.7 Å². The quantitative estimate of drug-likeness (QED) is 0.630. The molecular weight excluding hydrogens is 271 g/mol. The summed E-state index contributed by atoms with van der Waals surface area (Å²) in [5, 5.41) is 19.2. The van der Waals surface area contributed by atoms with Gasteiger partial charge in [0.05, 0.1) is 16.7 Å². The highest BCUT2D eigenvalue weighted by molar-refractivity contribution is 5.43. The van der Waals surface area contributed by atoms with Crippen LogP contribution in [0.25, 0.3) is 5.69 Å². The molecule has 20 heavy (non-hydrogen) atoms. The number of aromatic nitrogens is 2. The molecule has 0 fully saturated rings. The van der Waals surface area contributed by atoms with Crippen LogP contribution in [0.15, 0.2) is 34.0 Å². The summed E-state index contributed by atoms with van der Waals surface area (Å²) in [5.41, 5.74) is -3.03. The number of aromatic amines is 1. The molecule has 0 bridgehead atoms. The van der Waals surface area contributed by atoms with Crippen molar-refractivity contribution in [2.75, 3.05) is 0 Å². The number of nitriles is 1. The zero-order valence-electron chi connectivity index (χ0n) is 9.66. The van der Waals surface area contributed by atoms with E-state index in [1.807, 2.05) is 4.98 Å². The van der Waals surface area contributed by atoms with Crippen molar-refractivity contribution in [3.63, 3.8) is 0 Å². The third kappa shape index (κ3) is 2.17. The van der Waals surface area contributed by atoms with E-state index in [1.54, 1.807) is 6.07 Å². The van der Waals surface area contributed by atoms with E-state index in [0.29, 0.717) is 10.6 Å². The number of nitrogens with zero attached hydrogens (tertiary/aromatic N) is 3. The predicted molar refractivity (Wildman–Crippen MR) is 64.0 cm³/mol. The van der Waals surface area contributed by atoms with Crippen LogP contribution in [0.3, 0.4) is 0 Å². The summed E-state index contributed by atoms with van der Waals surface area (Å²) in [6.07, 6.45) is 0.866. The molecule has 0 spiro atoms. The molecule has 100 valence electrons. The van der Waals surface area contributed by atoms with Crippen molar-refractivity contribution < 1.29 is 9.31 Å². The van der Waals surface area contributed by atoms with Crippen molar-refractivity contribution in [3.8, 4) is 11.8 Å². The molecule has 0 atom stereocenters. The van der Waals surface area contributed by atoms with Gasteiger partial charge in [0.1, 0.15) is 11.6 Å². The number of H-pyrrole nitrogens is 1. The smallest absolute Gasteiger partial charge is 0.273 e. The summed E-state index contributed by atoms with van der Waals surface area (Å²) < 4.78 is 14.5. The molecular formula is C11H5FN4O4. The van der Waals surface area contributed by atoms with Crippen molar-refractivity contribution in [1.29, 1.82) is 5.26 Å². The summed E-state index contributed by atoms with van der Waals surface area (Å²) >= 11 is 0. The maximum Gasteiger partial charge on any atom is 0.333 e. The minimum absolute atomic E-state index is 0.312. The molecule has 1 heterocycles. The van der Waals surface area contributed by atoms with Gasteiger partial charge in [0.25, 0.3) is 11.2 Å². The van der Waals surface area contributed by atoms with Gasteiger partial charge in [0.2, 0.25) is 0 Å². The van der Waals surface area contributed by atoms with Crippen LogP contribution in [0.5, 0.6) is 0 Å². The standard InChI is InChI=1S/C11H5FN4O4/c12-8-3-7(16(19)20)1-2-9(8)15-5-6(4-13)10(17)14-11(15)18/h1-3,5H,(H,14,17,18). The van der Waals surface area contributed by atoms with Gasteiger partial charge in [0, 0.05) is 12.3 Å². The fourth-order valence-electron chi connectivity index (χ4n) is 1.53. The van der Waals surface area contributed by atoms with Crippen molar-refractivity contribution in [1.82, 2.24) is 9.55 Å². The lowest BCUT2D eigenvalue weighted by molar-refractivity contribution is -0.385. The first-order valence-corrected chi connectivity index (χ1v) is 5.14. The molecule has 0 amide bonds. The average Bonchev–Trinajstić information content (AvgIpc) is 2.39. The summed E-state index contributed by atoms with van der Waals surface area (Å²) in [7, 11) is 0. The monoisotopic (exact) mass is 276 g/mol. The summed E-state index contributed by atoms with van der Waals surface area (Å²) in [6.45, 7) is 0. The zero-order chi connectivity index (χ0) is 14.9. The van der Waals surface area contributed by atoms with Gasteiger partial charge in [-0.15, -0.1) is 0 Å². The highest BCUT2D eigenvalue weighted by Gasteiger charge is 2.14. The molecule has 1 N–H and O–H groups in total. The Balaban J connectivity index is 2.70. The maximum atomic E-state index is 13.8. The molecule has 8 nitrogen and oxygen atoms in total. The molecule has 0 radical (unpaired) electrons. The molecule has 2 aromatic rings. The number of hydrogen-bond donors (Lipinski definition) is 1. The van der Waals surface area contributed by atoms with E-state index in [0.717, 1.165) is 18.3 Å². The van der Waals surface area contributed by atoms with Crippen LogP contribution >= 0.6 is 0 Å². The van der Waals surface area contributed by atoms with Gasteiger partial charge >= 0.3 is 5.69 Å². The Morgan fingerprint density at radius 3 is 2.65 bits per heavy atom. The van der Waals surface area contributed by atoms with Gasteiger partial charge in [-0.25, -0.2) is 9.18 Å². The first-order chi connectivity index (χ1) is 9.43. The van der Waals surface area contributed by atoms with Crippen LogP contribution in [0.1, 0.15) is 5.56 Å². The molecule has 0 aliphatic carbocycles. The minimum Gasteiger partial charge on any atom is -0.273 e. The third-order valence-corrected chi connectivity index (χ3v) is 2.46. The van der Waals surface area contributed by atoms with Crippen LogP contribution < -0.4 is 11.2 Å². The Morgan fingerprint density at radius 1 is 1.40 bits per heavy atom. The highest BCUT2D eigenvalue weighted by Crippen LogP contribution is 2.18. The average molecular weight is 276 g/mol. The number of halogens is 1. The Kier molecular flexibility index (Phi) is 3.14. The Bertz CT molecular complexity index is 862. The molecule has 0 aliphatic rings. The molecule has 2 rings (SSSR count). The van der Waals surface area contributed by atoms with Gasteiger partial charge in [-0.2, -0.15) is 5.26 Å². The first-order valence-electron chi connectivity index (χ1n) is 5.14. The number of nitro groups is 1. The van der Waals surface area contributed by atoms with Crippen LogP contribution in [0.4, 0.5) is 10.1 Å². The lowest BCUT2D eigenvalue weighted by Crippen LogP contribution is -2.30. The fourth-order valence-corrected chi connectivity index (χ4v) is 1.53. The Hall–Kier alpha value is -3.28. The van der Waals surface area contributed by atoms with Crippen LogP contribution in [-0.4, -0.2) is 14.5 Å². The van der Waals surface area contributed by atoms with E-state index in [-0.39, 0.29) is 11.3 Å². The fraction of sp³-hybridized carbons (Fsp3) is 0. The van der Waals surface area contributed by atoms with Gasteiger partial charge in [0.15, 0.2) is 5.82 Å². The molecule has 0 aliphatic heterocycles. The molecule has 0 saturated heterocycles. The second kappa shape index (κ2) is 4.77. The molecule has 0 saturated carbocycles. The van der Waals surface area contributed by atoms with Gasteiger partial charge < -0.3 is 0 Å². The van der Waals surface area contributed by atoms with E-state index in [4.69, 9.17) is 5.26 Å². The Morgan fingerprint density at radius 2 is 2.10 bits per heavy atom. The van der Waals surface area contributed by atoms with Crippen LogP contribution in [0, 0.1) is 27.3 Å². The van der Waals surface area contributed by atoms with Crippen molar-refractivity contribution in [2.24, 2.45) is 0 Å². The lowest BCUT2D eigenvalue weighted by atomic mass is 10.2. The SMILES string of the molecule is N#Cc1cn(-c2ccc([N+](=O)[O-])cc2F)c(=O)[nH]c1=O. The van der Waals surface area contributed by atoms with E-state index in [2.05, 4.69) is 0 Å². The minimum atomic E-state index is -1.03. The number of nitro benzene ring substituents is 1. The van der Waals surface area contributed by atoms with Crippen molar-refractivity contribution >= 4 is 5.69 Å². The normalized spacial score (nSPS) is 10.0. The number of non-ortho nitro benzene ring substituents is 1. The van der Waals surface area contributed by atoms with E-state index < -0.39 is 27.7 Å². The number of rotatable bonds is 2. The van der Waals surface area contributed by atoms with E-state index in [9.17, 15) is 24.1 Å². The number of hydrogen-bond acceptors (Lipinski definition) is 5. The second-order valence-corrected chi connectivity index (χ2v) is 3.68. The maximum absolute atomic E-state index is 13.8. The topological polar surface area (TPSA) is 122 Å². The third-order valence-electron chi connectivity index (χ3n) is 2.46. The predicted octanol–water partition coefficient (Wildman–Crippen LogP) is 0.445. The number of benzene rings is 1. The first kappa shape index (κ1) is 13.2. The van der Waals surface area contributed by atoms with Gasteiger partial charge in [-0.1, -0.05) is 0 Å². The Labute approximate surface area is 109 Å². The molecule has 1 aromatic carbocycles. The number of nitrogens with one attached hydrogen (secondary N) is 1. The van der Waals surface area contributed by atoms with E-state index in [1.165, 1.54) is 0 Å².